The lowest BCUT2D eigenvalue weighted by molar-refractivity contribution is 0.332. The Morgan fingerprint density at radius 1 is 0.606 bits per heavy atom. The van der Waals surface area contributed by atoms with Crippen molar-refractivity contribution >= 4 is 83.8 Å². The Morgan fingerprint density at radius 2 is 1.27 bits per heavy atom. The molecule has 7 aromatic carbocycles. The molecule has 0 saturated heterocycles. The van der Waals surface area contributed by atoms with Crippen LogP contribution in [-0.4, -0.2) is 16.0 Å². The fourth-order valence-electron chi connectivity index (χ4n) is 12.4. The highest BCUT2D eigenvalue weighted by atomic mass is 16.3. The van der Waals surface area contributed by atoms with Gasteiger partial charge in [0, 0.05) is 51.5 Å². The molecule has 0 unspecified atom stereocenters. The Balaban J connectivity index is 1.27. The first-order valence-electron chi connectivity index (χ1n) is 24.1. The first-order valence-corrected chi connectivity index (χ1v) is 24.1. The van der Waals surface area contributed by atoms with Gasteiger partial charge >= 0.3 is 6.85 Å². The van der Waals surface area contributed by atoms with Crippen molar-refractivity contribution in [2.24, 2.45) is 7.05 Å². The van der Waals surface area contributed by atoms with Gasteiger partial charge in [0.1, 0.15) is 11.2 Å². The van der Waals surface area contributed by atoms with Crippen molar-refractivity contribution in [3.8, 4) is 28.1 Å². The molecule has 4 nitrogen and oxygen atoms in total. The van der Waals surface area contributed by atoms with Crippen molar-refractivity contribution in [2.75, 3.05) is 4.81 Å². The predicted molar refractivity (Wildman–Crippen MR) is 282 cm³/mol. The van der Waals surface area contributed by atoms with Crippen molar-refractivity contribution in [3.05, 3.63) is 150 Å². The maximum absolute atomic E-state index is 7.29. The number of aromatic nitrogens is 2. The van der Waals surface area contributed by atoms with Crippen LogP contribution in [0.15, 0.2) is 132 Å². The Kier molecular flexibility index (Phi) is 7.80. The molecule has 5 heteroatoms. The fourth-order valence-corrected chi connectivity index (χ4v) is 12.4. The largest absolute Gasteiger partial charge is 0.455 e. The molecule has 5 heterocycles. The quantitative estimate of drug-likeness (QED) is 0.162. The van der Waals surface area contributed by atoms with E-state index in [-0.39, 0.29) is 28.5 Å². The zero-order valence-corrected chi connectivity index (χ0v) is 40.4. The summed E-state index contributed by atoms with van der Waals surface area (Å²) in [7, 11) is 2.23. The van der Waals surface area contributed by atoms with Crippen LogP contribution in [0.5, 0.6) is 0 Å². The number of para-hydroxylation sites is 1. The molecule has 0 spiro atoms. The van der Waals surface area contributed by atoms with Gasteiger partial charge < -0.3 is 18.4 Å². The molecule has 10 aromatic rings. The minimum Gasteiger partial charge on any atom is -0.455 e. The van der Waals surface area contributed by atoms with Gasteiger partial charge in [0.15, 0.2) is 0 Å². The van der Waals surface area contributed by atoms with E-state index in [0.717, 1.165) is 24.0 Å². The van der Waals surface area contributed by atoms with Gasteiger partial charge in [0.2, 0.25) is 0 Å². The summed E-state index contributed by atoms with van der Waals surface area (Å²) in [4.78, 5) is 2.74. The van der Waals surface area contributed by atoms with Gasteiger partial charge in [0.25, 0.3) is 0 Å². The van der Waals surface area contributed by atoms with Crippen molar-refractivity contribution < 1.29 is 4.42 Å². The van der Waals surface area contributed by atoms with Crippen LogP contribution in [0.2, 0.25) is 0 Å². The Morgan fingerprint density at radius 3 is 1.98 bits per heavy atom. The lowest BCUT2D eigenvalue weighted by Crippen LogP contribution is -2.60. The average molecular weight is 860 g/mol. The molecule has 3 aliphatic rings. The maximum atomic E-state index is 7.29. The highest BCUT2D eigenvalue weighted by molar-refractivity contribution is 6.94. The third-order valence-corrected chi connectivity index (χ3v) is 16.3. The lowest BCUT2D eigenvalue weighted by atomic mass is 9.43. The van der Waals surface area contributed by atoms with Crippen molar-refractivity contribution in [3.63, 3.8) is 0 Å². The number of nitrogens with zero attached hydrogens (tertiary/aromatic N) is 3. The van der Waals surface area contributed by atoms with Crippen LogP contribution in [0.3, 0.4) is 0 Å². The van der Waals surface area contributed by atoms with Crippen LogP contribution in [0.1, 0.15) is 104 Å². The number of fused-ring (bicyclic) bond motifs is 15. The Labute approximate surface area is 388 Å². The SMILES string of the molecule is Cn1c(-c2ccccc2)cc2cc3c(cc21)-n1c2ccc(C(C)(C)C)cc2c2c4oc5ccccc5c4c4c(c21)B3N(c1ccc(C(C)(C)C)cc1)c1cc2c(cc1-4)C(C)(C)CCC2(C)C. The number of hydrogen-bond donors (Lipinski definition) is 0. The molecular formula is C61H58BN3O. The number of aryl methyl sites for hydroxylation is 1. The highest BCUT2D eigenvalue weighted by Crippen LogP contribution is 2.55. The van der Waals surface area contributed by atoms with E-state index in [1.54, 1.807) is 0 Å². The molecule has 326 valence electrons. The molecule has 0 saturated carbocycles. The van der Waals surface area contributed by atoms with Gasteiger partial charge in [-0.15, -0.1) is 0 Å². The van der Waals surface area contributed by atoms with Crippen LogP contribution < -0.4 is 15.7 Å². The second-order valence-electron chi connectivity index (χ2n) is 23.3. The first-order chi connectivity index (χ1) is 31.4. The van der Waals surface area contributed by atoms with E-state index in [4.69, 9.17) is 4.42 Å². The number of benzene rings is 7. The Hall–Kier alpha value is -6.46. The van der Waals surface area contributed by atoms with Gasteiger partial charge in [-0.05, 0) is 139 Å². The van der Waals surface area contributed by atoms with Crippen molar-refractivity contribution in [1.29, 1.82) is 0 Å². The zero-order chi connectivity index (χ0) is 45.6. The van der Waals surface area contributed by atoms with Gasteiger partial charge in [-0.3, -0.25) is 0 Å². The summed E-state index contributed by atoms with van der Waals surface area (Å²) in [6.07, 6.45) is 2.30. The fraction of sp³-hybridized carbons (Fsp3) is 0.279. The zero-order valence-electron chi connectivity index (χ0n) is 40.4. The van der Waals surface area contributed by atoms with E-state index in [0.29, 0.717) is 0 Å². The van der Waals surface area contributed by atoms with E-state index in [1.165, 1.54) is 116 Å². The molecule has 3 aromatic heterocycles. The van der Waals surface area contributed by atoms with Gasteiger partial charge in [-0.1, -0.05) is 142 Å². The monoisotopic (exact) mass is 859 g/mol. The minimum absolute atomic E-state index is 0.0229. The molecule has 0 amide bonds. The third-order valence-electron chi connectivity index (χ3n) is 16.3. The van der Waals surface area contributed by atoms with Crippen LogP contribution in [0, 0.1) is 0 Å². The normalized spacial score (nSPS) is 16.2. The van der Waals surface area contributed by atoms with Gasteiger partial charge in [0.05, 0.1) is 21.9 Å². The summed E-state index contributed by atoms with van der Waals surface area (Å²) in [6.45, 7) is 23.7. The standard InChI is InChI=1S/C61H58BN3O/c1-58(2,3)37-21-24-39(25-22-37)65-49-33-44-43(60(7,8)27-28-61(44,9)10)32-42(49)52-53-40-19-15-16-20-51(40)66-57(53)54-41-31-38(59(4,5)6)23-26-46(41)64-50-34-48-36(29-45(50)62(65)55(52)56(54)64)30-47(63(48)11)35-17-13-12-14-18-35/h12-26,29-34H,27-28H2,1-11H3. The van der Waals surface area contributed by atoms with Crippen molar-refractivity contribution in [2.45, 2.75) is 104 Å². The number of rotatable bonds is 2. The molecule has 0 atom stereocenters. The first kappa shape index (κ1) is 39.9. The molecule has 0 bridgehead atoms. The summed E-state index contributed by atoms with van der Waals surface area (Å²) >= 11 is 0. The average Bonchev–Trinajstić information content (AvgIpc) is 3.95. The van der Waals surface area contributed by atoms with E-state index in [9.17, 15) is 0 Å². The molecule has 2 aliphatic heterocycles. The molecular weight excluding hydrogens is 802 g/mol. The summed E-state index contributed by atoms with van der Waals surface area (Å²) in [5.41, 5.74) is 22.7. The summed E-state index contributed by atoms with van der Waals surface area (Å²) in [5, 5.41) is 6.11. The van der Waals surface area contributed by atoms with E-state index < -0.39 is 0 Å². The third kappa shape index (κ3) is 5.29. The highest BCUT2D eigenvalue weighted by Gasteiger charge is 2.48. The number of anilines is 2. The molecule has 1 aliphatic carbocycles. The summed E-state index contributed by atoms with van der Waals surface area (Å²) < 4.78 is 12.3. The van der Waals surface area contributed by atoms with E-state index in [1.807, 2.05) is 0 Å². The second-order valence-corrected chi connectivity index (χ2v) is 23.3. The molecule has 13 rings (SSSR count). The molecule has 66 heavy (non-hydrogen) atoms. The second kappa shape index (κ2) is 12.9. The number of hydrogen-bond acceptors (Lipinski definition) is 2. The molecule has 0 fully saturated rings. The molecule has 0 radical (unpaired) electrons. The minimum atomic E-state index is -0.134. The smallest absolute Gasteiger partial charge is 0.333 e. The summed E-state index contributed by atoms with van der Waals surface area (Å²) in [5.74, 6) is 0. The van der Waals surface area contributed by atoms with Gasteiger partial charge in [-0.2, -0.15) is 0 Å². The topological polar surface area (TPSA) is 26.2 Å². The maximum Gasteiger partial charge on any atom is 0.333 e. The molecule has 0 N–H and O–H groups in total. The summed E-state index contributed by atoms with van der Waals surface area (Å²) in [6, 6.07) is 49.1. The van der Waals surface area contributed by atoms with E-state index >= 15 is 0 Å². The van der Waals surface area contributed by atoms with E-state index in [2.05, 4.69) is 218 Å². The number of furan rings is 1. The van der Waals surface area contributed by atoms with Crippen LogP contribution in [-0.2, 0) is 28.7 Å². The lowest BCUT2D eigenvalue weighted by Gasteiger charge is -2.46. The Bertz CT molecular complexity index is 3730. The van der Waals surface area contributed by atoms with Crippen LogP contribution in [0.25, 0.3) is 82.7 Å². The predicted octanol–water partition coefficient (Wildman–Crippen LogP) is 15.0. The van der Waals surface area contributed by atoms with Gasteiger partial charge in [-0.25, -0.2) is 0 Å². The van der Waals surface area contributed by atoms with Crippen LogP contribution in [0.4, 0.5) is 11.4 Å². The van der Waals surface area contributed by atoms with Crippen molar-refractivity contribution in [1.82, 2.24) is 9.13 Å². The van der Waals surface area contributed by atoms with Crippen LogP contribution >= 0.6 is 0 Å².